The molecule has 0 bridgehead atoms. The van der Waals surface area contributed by atoms with E-state index in [9.17, 15) is 29.1 Å². The zero-order valence-electron chi connectivity index (χ0n) is 32.1. The normalized spacial score (nSPS) is 18.4. The number of hydrogen-bond donors (Lipinski definition) is 3. The van der Waals surface area contributed by atoms with Crippen LogP contribution in [-0.2, 0) is 30.3 Å². The molecule has 2 heterocycles. The first-order chi connectivity index (χ1) is 24.7. The van der Waals surface area contributed by atoms with Crippen LogP contribution in [0.2, 0.25) is 0 Å². The van der Waals surface area contributed by atoms with Crippen LogP contribution in [0.25, 0.3) is 0 Å². The number of aliphatic carboxylic acids is 1. The van der Waals surface area contributed by atoms with Crippen LogP contribution in [-0.4, -0.2) is 94.4 Å². The van der Waals surface area contributed by atoms with E-state index in [4.69, 9.17) is 4.74 Å². The maximum absolute atomic E-state index is 14.2. The quantitative estimate of drug-likeness (QED) is 0.159. The number of ether oxygens (including phenoxy) is 1. The molecule has 0 radical (unpaired) electrons. The highest BCUT2D eigenvalue weighted by molar-refractivity contribution is 7.09. The third-order valence-electron chi connectivity index (χ3n) is 10.2. The van der Waals surface area contributed by atoms with Crippen molar-refractivity contribution in [2.45, 2.75) is 123 Å². The lowest BCUT2D eigenvalue weighted by molar-refractivity contribution is -0.151. The largest absolute Gasteiger partial charge is 0.481 e. The summed E-state index contributed by atoms with van der Waals surface area (Å²) in [5.74, 6) is -3.01. The lowest BCUT2D eigenvalue weighted by atomic mass is 9.92. The molecule has 0 spiro atoms. The lowest BCUT2D eigenvalue weighted by Crippen LogP contribution is -2.58. The van der Waals surface area contributed by atoms with Gasteiger partial charge < -0.3 is 25.4 Å². The fourth-order valence-corrected chi connectivity index (χ4v) is 7.52. The van der Waals surface area contributed by atoms with Gasteiger partial charge in [-0.25, -0.2) is 4.98 Å². The fourth-order valence-electron chi connectivity index (χ4n) is 6.68. The van der Waals surface area contributed by atoms with Crippen LogP contribution in [0, 0.1) is 17.8 Å². The number of rotatable bonds is 19. The van der Waals surface area contributed by atoms with Crippen LogP contribution in [0.5, 0.6) is 0 Å². The third kappa shape index (κ3) is 12.1. The average molecular weight is 742 g/mol. The molecule has 1 aliphatic rings. The van der Waals surface area contributed by atoms with Crippen LogP contribution >= 0.6 is 11.3 Å². The first-order valence-corrected chi connectivity index (χ1v) is 19.5. The highest BCUT2D eigenvalue weighted by atomic mass is 32.1. The SMILES string of the molecule is CCC(=O)O[C@H](C[C@H](C(C)C)N(C)C(=O)[C@@H](NC(=O)C1CCCCN1C)[C@@H](C)CC)c1nc(C(=O)N[C@@H](Cc2ccccc2)C[C@H](C)C(=O)O)cs1. The number of nitrogens with one attached hydrogen (secondary N) is 2. The van der Waals surface area contributed by atoms with Crippen molar-refractivity contribution in [1.29, 1.82) is 0 Å². The minimum atomic E-state index is -0.943. The second kappa shape index (κ2) is 20.4. The molecule has 1 aromatic heterocycles. The molecule has 1 fully saturated rings. The Bertz CT molecular complexity index is 1480. The van der Waals surface area contributed by atoms with E-state index in [2.05, 4.69) is 15.6 Å². The average Bonchev–Trinajstić information content (AvgIpc) is 3.62. The van der Waals surface area contributed by atoms with Crippen molar-refractivity contribution in [1.82, 2.24) is 25.4 Å². The molecular formula is C39H59N5O7S. The predicted molar refractivity (Wildman–Crippen MR) is 202 cm³/mol. The van der Waals surface area contributed by atoms with Gasteiger partial charge in [-0.2, -0.15) is 0 Å². The molecule has 1 saturated heterocycles. The molecule has 1 aromatic carbocycles. The molecular weight excluding hydrogens is 683 g/mol. The Labute approximate surface area is 313 Å². The summed E-state index contributed by atoms with van der Waals surface area (Å²) in [6, 6.07) is 7.70. The Kier molecular flexibility index (Phi) is 16.7. The number of thiazole rings is 1. The van der Waals surface area contributed by atoms with E-state index in [0.717, 1.165) is 31.4 Å². The number of piperidine rings is 1. The number of benzene rings is 1. The van der Waals surface area contributed by atoms with Crippen molar-refractivity contribution in [2.24, 2.45) is 17.8 Å². The number of likely N-dealkylation sites (N-methyl/N-ethyl adjacent to an activating group) is 2. The highest BCUT2D eigenvalue weighted by Crippen LogP contribution is 2.31. The molecule has 3 amide bonds. The molecule has 1 unspecified atom stereocenters. The molecule has 288 valence electrons. The molecule has 7 atom stereocenters. The van der Waals surface area contributed by atoms with Crippen molar-refractivity contribution in [3.05, 3.63) is 52.0 Å². The maximum atomic E-state index is 14.2. The summed E-state index contributed by atoms with van der Waals surface area (Å²) in [5, 5.41) is 17.6. The Morgan fingerprint density at radius 1 is 1.04 bits per heavy atom. The fraction of sp³-hybridized carbons (Fsp3) is 0.641. The third-order valence-corrected chi connectivity index (χ3v) is 11.2. The molecule has 12 nitrogen and oxygen atoms in total. The van der Waals surface area contributed by atoms with Crippen molar-refractivity contribution >= 4 is 41.0 Å². The van der Waals surface area contributed by atoms with Crippen LogP contribution in [0.15, 0.2) is 35.7 Å². The van der Waals surface area contributed by atoms with Gasteiger partial charge in [-0.1, -0.05) is 84.7 Å². The first kappa shape index (κ1) is 42.6. The van der Waals surface area contributed by atoms with Crippen LogP contribution < -0.4 is 10.6 Å². The Hall–Kier alpha value is -3.84. The van der Waals surface area contributed by atoms with Crippen LogP contribution in [0.3, 0.4) is 0 Å². The molecule has 0 aliphatic carbocycles. The Balaban J connectivity index is 1.83. The Morgan fingerprint density at radius 2 is 1.73 bits per heavy atom. The van der Waals surface area contributed by atoms with E-state index >= 15 is 0 Å². The summed E-state index contributed by atoms with van der Waals surface area (Å²) in [5.41, 5.74) is 1.10. The van der Waals surface area contributed by atoms with Gasteiger partial charge in [0.05, 0.1) is 12.0 Å². The number of aromatic nitrogens is 1. The van der Waals surface area contributed by atoms with Crippen molar-refractivity contribution < 1.29 is 33.8 Å². The molecule has 52 heavy (non-hydrogen) atoms. The summed E-state index contributed by atoms with van der Waals surface area (Å²) in [6.07, 6.45) is 3.68. The minimum Gasteiger partial charge on any atom is -0.481 e. The van der Waals surface area contributed by atoms with Gasteiger partial charge in [0, 0.05) is 37.4 Å². The first-order valence-electron chi connectivity index (χ1n) is 18.7. The van der Waals surface area contributed by atoms with E-state index in [1.165, 1.54) is 11.3 Å². The number of likely N-dealkylation sites (tertiary alicyclic amines) is 1. The van der Waals surface area contributed by atoms with Gasteiger partial charge in [0.25, 0.3) is 5.91 Å². The van der Waals surface area contributed by atoms with E-state index in [-0.39, 0.29) is 54.6 Å². The highest BCUT2D eigenvalue weighted by Gasteiger charge is 2.37. The van der Waals surface area contributed by atoms with E-state index in [0.29, 0.717) is 17.8 Å². The molecule has 0 saturated carbocycles. The van der Waals surface area contributed by atoms with Crippen molar-refractivity contribution in [2.75, 3.05) is 20.6 Å². The van der Waals surface area contributed by atoms with E-state index in [1.54, 1.807) is 31.2 Å². The summed E-state index contributed by atoms with van der Waals surface area (Å²) in [7, 11) is 3.67. The van der Waals surface area contributed by atoms with E-state index in [1.807, 2.05) is 70.0 Å². The van der Waals surface area contributed by atoms with Gasteiger partial charge in [-0.15, -0.1) is 11.3 Å². The van der Waals surface area contributed by atoms with Gasteiger partial charge >= 0.3 is 11.9 Å². The number of carbonyl (C=O) groups is 5. The number of esters is 1. The molecule has 3 rings (SSSR count). The predicted octanol–water partition coefficient (Wildman–Crippen LogP) is 5.48. The number of carboxylic acids is 1. The summed E-state index contributed by atoms with van der Waals surface area (Å²) < 4.78 is 5.91. The number of amides is 3. The van der Waals surface area contributed by atoms with Gasteiger partial charge in [0.1, 0.15) is 16.7 Å². The van der Waals surface area contributed by atoms with Gasteiger partial charge in [-0.3, -0.25) is 28.9 Å². The van der Waals surface area contributed by atoms with Crippen molar-refractivity contribution in [3.63, 3.8) is 0 Å². The number of carbonyl (C=O) groups excluding carboxylic acids is 4. The summed E-state index contributed by atoms with van der Waals surface area (Å²) in [4.78, 5) is 73.9. The Morgan fingerprint density at radius 3 is 2.33 bits per heavy atom. The number of hydrogen-bond acceptors (Lipinski definition) is 9. The molecule has 13 heteroatoms. The zero-order valence-corrected chi connectivity index (χ0v) is 32.9. The second-order valence-electron chi connectivity index (χ2n) is 14.6. The van der Waals surface area contributed by atoms with E-state index < -0.39 is 48.0 Å². The summed E-state index contributed by atoms with van der Waals surface area (Å²) >= 11 is 1.19. The number of nitrogens with zero attached hydrogens (tertiary/aromatic N) is 3. The van der Waals surface area contributed by atoms with Crippen LogP contribution in [0.1, 0.15) is 114 Å². The maximum Gasteiger partial charge on any atom is 0.306 e. The van der Waals surface area contributed by atoms with Gasteiger partial charge in [0.2, 0.25) is 11.8 Å². The second-order valence-corrected chi connectivity index (χ2v) is 15.5. The molecule has 2 aromatic rings. The van der Waals surface area contributed by atoms with Crippen LogP contribution in [0.4, 0.5) is 0 Å². The standard InChI is InChI=1S/C39H59N5O7S/c1-9-25(5)34(42-36(47)30-18-14-15-19-43(30)7)38(48)44(8)31(24(3)4)22-32(51-33(45)10-2)37-41-29(23-52-37)35(46)40-28(20-26(6)39(49)50)21-27-16-12-11-13-17-27/h11-13,16-17,23-26,28,30-32,34H,9-10,14-15,18-22H2,1-8H3,(H,40,46)(H,42,47)(H,49,50)/t25-,26-,28+,30?,31+,32+,34-/m0/s1. The summed E-state index contributed by atoms with van der Waals surface area (Å²) in [6.45, 7) is 12.1. The van der Waals surface area contributed by atoms with Crippen molar-refractivity contribution in [3.8, 4) is 0 Å². The van der Waals surface area contributed by atoms with Gasteiger partial charge in [0.15, 0.2) is 6.10 Å². The number of carboxylic acid groups (broad SMARTS) is 1. The zero-order chi connectivity index (χ0) is 38.5. The minimum absolute atomic E-state index is 0.0489. The smallest absolute Gasteiger partial charge is 0.306 e. The molecule has 1 aliphatic heterocycles. The lowest BCUT2D eigenvalue weighted by Gasteiger charge is -2.38. The monoisotopic (exact) mass is 741 g/mol. The molecule has 3 N–H and O–H groups in total. The van der Waals surface area contributed by atoms with Gasteiger partial charge in [-0.05, 0) is 56.7 Å². The topological polar surface area (TPSA) is 158 Å².